The third kappa shape index (κ3) is 7.44. The third-order valence-electron chi connectivity index (χ3n) is 8.44. The number of amidine groups is 1. The fraction of sp³-hybridized carbons (Fsp3) is 0.633. The van der Waals surface area contributed by atoms with E-state index < -0.39 is 60.1 Å². The number of hydrogen-bond acceptors (Lipinski definition) is 10. The Kier molecular flexibility index (Phi) is 9.61. The normalized spacial score (nSPS) is 26.3. The highest BCUT2D eigenvalue weighted by atomic mass is 19.4. The van der Waals surface area contributed by atoms with Gasteiger partial charge in [0.25, 0.3) is 11.8 Å². The molecule has 6 rings (SSSR count). The Bertz CT molecular complexity index is 1430. The molecule has 46 heavy (non-hydrogen) atoms. The summed E-state index contributed by atoms with van der Waals surface area (Å²) in [7, 11) is 0. The van der Waals surface area contributed by atoms with Gasteiger partial charge in [0.2, 0.25) is 0 Å². The van der Waals surface area contributed by atoms with Gasteiger partial charge in [-0.3, -0.25) is 9.59 Å². The summed E-state index contributed by atoms with van der Waals surface area (Å²) in [6, 6.07) is 7.86. The fourth-order valence-electron chi connectivity index (χ4n) is 6.24. The second-order valence-electron chi connectivity index (χ2n) is 12.3. The Labute approximate surface area is 263 Å². The standard InChI is InChI=1S/C28H34F3N5O6.C2H4O2/c1-15(25(37)38)22-24-23(41-27(2,3)42-24)19(40-22)14-39-18-6-4-16(5-7-18)17-10-12-35(13-11-17)21-9-8-20-32-33-26(28(29,30)31)36(20)34-21;1-2(3)4/h4-7,15,17,19,22-24H,8-14H2,1-3H3,(H,37,38);1H3,(H,3,4)/t15?,19-,22?,23-,24+;/m1./s1. The van der Waals surface area contributed by atoms with Crippen LogP contribution in [-0.4, -0.2) is 97.7 Å². The summed E-state index contributed by atoms with van der Waals surface area (Å²) in [4.78, 5) is 22.7. The zero-order valence-electron chi connectivity index (χ0n) is 25.9. The van der Waals surface area contributed by atoms with Crippen molar-refractivity contribution in [2.24, 2.45) is 11.0 Å². The second-order valence-corrected chi connectivity index (χ2v) is 12.3. The topological polar surface area (TPSA) is 158 Å². The van der Waals surface area contributed by atoms with Crippen molar-refractivity contribution < 1.29 is 51.9 Å². The van der Waals surface area contributed by atoms with Crippen molar-refractivity contribution in [3.63, 3.8) is 0 Å². The predicted octanol–water partition coefficient (Wildman–Crippen LogP) is 3.76. The molecule has 5 atom stereocenters. The number of likely N-dealkylation sites (tertiary alicyclic amines) is 1. The molecule has 4 aliphatic rings. The minimum Gasteiger partial charge on any atom is -0.491 e. The summed E-state index contributed by atoms with van der Waals surface area (Å²) >= 11 is 0. The van der Waals surface area contributed by atoms with E-state index in [2.05, 4.69) is 20.2 Å². The zero-order chi connectivity index (χ0) is 33.4. The van der Waals surface area contributed by atoms with Gasteiger partial charge in [-0.05, 0) is 57.2 Å². The Morgan fingerprint density at radius 2 is 1.70 bits per heavy atom. The molecule has 16 heteroatoms. The molecule has 2 unspecified atom stereocenters. The van der Waals surface area contributed by atoms with E-state index >= 15 is 0 Å². The quantitative estimate of drug-likeness (QED) is 0.468. The van der Waals surface area contributed by atoms with Gasteiger partial charge in [0.15, 0.2) is 11.6 Å². The van der Waals surface area contributed by atoms with Gasteiger partial charge in [0.1, 0.15) is 42.6 Å². The molecule has 4 aliphatic heterocycles. The molecule has 5 heterocycles. The van der Waals surface area contributed by atoms with Crippen LogP contribution in [0.1, 0.15) is 70.1 Å². The number of aliphatic carboxylic acids is 2. The molecule has 3 fully saturated rings. The first-order valence-corrected chi connectivity index (χ1v) is 15.1. The van der Waals surface area contributed by atoms with Crippen LogP contribution < -0.4 is 4.74 Å². The van der Waals surface area contributed by atoms with Crippen LogP contribution in [0, 0.1) is 5.92 Å². The first kappa shape index (κ1) is 33.6. The first-order chi connectivity index (χ1) is 21.6. The molecule has 2 aromatic rings. The van der Waals surface area contributed by atoms with E-state index in [1.165, 1.54) is 0 Å². The average Bonchev–Trinajstić information content (AvgIpc) is 3.66. The number of carboxylic acid groups (broad SMARTS) is 2. The largest absolute Gasteiger partial charge is 0.491 e. The number of ether oxygens (including phenoxy) is 4. The van der Waals surface area contributed by atoms with Gasteiger partial charge in [0, 0.05) is 32.9 Å². The molecule has 252 valence electrons. The lowest BCUT2D eigenvalue weighted by Crippen LogP contribution is -2.40. The molecular weight excluding hydrogens is 615 g/mol. The number of fused-ring (bicyclic) bond motifs is 2. The van der Waals surface area contributed by atoms with Gasteiger partial charge in [0.05, 0.1) is 5.92 Å². The van der Waals surface area contributed by atoms with Gasteiger partial charge in [-0.25, -0.2) is 0 Å². The molecule has 1 aromatic carbocycles. The minimum atomic E-state index is -4.61. The van der Waals surface area contributed by atoms with Gasteiger partial charge in [-0.2, -0.15) is 22.9 Å². The van der Waals surface area contributed by atoms with Crippen LogP contribution in [-0.2, 0) is 36.4 Å². The molecule has 0 bridgehead atoms. The molecule has 1 aromatic heterocycles. The summed E-state index contributed by atoms with van der Waals surface area (Å²) in [6.07, 6.45) is -4.05. The molecular formula is C30H38F3N5O8. The van der Waals surface area contributed by atoms with Crippen LogP contribution in [0.15, 0.2) is 29.4 Å². The first-order valence-electron chi connectivity index (χ1n) is 15.1. The molecule has 0 amide bonds. The summed E-state index contributed by atoms with van der Waals surface area (Å²) < 4.78 is 64.7. The van der Waals surface area contributed by atoms with E-state index in [0.29, 0.717) is 43.4 Å². The number of alkyl halides is 3. The number of aromatic nitrogens is 3. The summed E-state index contributed by atoms with van der Waals surface area (Å²) in [5.41, 5.74) is 1.16. The molecule has 2 N–H and O–H groups in total. The number of halogens is 3. The van der Waals surface area contributed by atoms with Crippen LogP contribution in [0.5, 0.6) is 5.75 Å². The van der Waals surface area contributed by atoms with Crippen molar-refractivity contribution in [3.05, 3.63) is 41.5 Å². The third-order valence-corrected chi connectivity index (χ3v) is 8.44. The Morgan fingerprint density at radius 3 is 2.30 bits per heavy atom. The molecule has 0 radical (unpaired) electrons. The highest BCUT2D eigenvalue weighted by Gasteiger charge is 2.57. The summed E-state index contributed by atoms with van der Waals surface area (Å²) in [5.74, 6) is -2.65. The maximum Gasteiger partial charge on any atom is 0.453 e. The van der Waals surface area contributed by atoms with E-state index in [0.717, 1.165) is 30.0 Å². The lowest BCUT2D eigenvalue weighted by Gasteiger charge is -2.35. The smallest absolute Gasteiger partial charge is 0.453 e. The van der Waals surface area contributed by atoms with Crippen LogP contribution in [0.25, 0.3) is 0 Å². The maximum atomic E-state index is 13.3. The van der Waals surface area contributed by atoms with Crippen LogP contribution in [0.2, 0.25) is 0 Å². The monoisotopic (exact) mass is 653 g/mol. The van der Waals surface area contributed by atoms with Gasteiger partial charge in [-0.1, -0.05) is 12.1 Å². The number of hydrogen-bond donors (Lipinski definition) is 2. The summed E-state index contributed by atoms with van der Waals surface area (Å²) in [5, 5.41) is 28.1. The number of benzene rings is 1. The van der Waals surface area contributed by atoms with Crippen LogP contribution >= 0.6 is 0 Å². The van der Waals surface area contributed by atoms with Crippen molar-refractivity contribution in [1.29, 1.82) is 0 Å². The van der Waals surface area contributed by atoms with E-state index in [9.17, 15) is 23.1 Å². The number of piperidine rings is 1. The number of carboxylic acids is 2. The van der Waals surface area contributed by atoms with Crippen LogP contribution in [0.4, 0.5) is 13.2 Å². The van der Waals surface area contributed by atoms with Crippen molar-refractivity contribution in [2.45, 2.75) is 95.7 Å². The van der Waals surface area contributed by atoms with E-state index in [1.54, 1.807) is 20.8 Å². The fourth-order valence-corrected chi connectivity index (χ4v) is 6.24. The molecule has 3 saturated heterocycles. The summed E-state index contributed by atoms with van der Waals surface area (Å²) in [6.45, 7) is 7.85. The van der Waals surface area contributed by atoms with Gasteiger partial charge >= 0.3 is 12.1 Å². The average molecular weight is 654 g/mol. The predicted molar refractivity (Wildman–Crippen MR) is 154 cm³/mol. The van der Waals surface area contributed by atoms with Gasteiger partial charge in [-0.15, -0.1) is 10.2 Å². The highest BCUT2D eigenvalue weighted by Crippen LogP contribution is 2.41. The Hall–Kier alpha value is -3.76. The SMILES string of the molecule is CC(=O)O.CC(C(=O)O)C1O[C@H](COc2ccc(C3CCN(C4=Nn5c(nnc5C(F)(F)F)CC4)CC3)cc2)[C@H]2OC(C)(C)O[C@@H]12. The van der Waals surface area contributed by atoms with Crippen molar-refractivity contribution in [2.75, 3.05) is 19.7 Å². The van der Waals surface area contributed by atoms with Crippen molar-refractivity contribution in [1.82, 2.24) is 19.8 Å². The number of rotatable bonds is 6. The van der Waals surface area contributed by atoms with Crippen molar-refractivity contribution in [3.8, 4) is 5.75 Å². The Balaban J connectivity index is 0.000000985. The van der Waals surface area contributed by atoms with Crippen molar-refractivity contribution >= 4 is 17.8 Å². The lowest BCUT2D eigenvalue weighted by molar-refractivity contribution is -0.197. The minimum absolute atomic E-state index is 0.188. The molecule has 0 saturated carbocycles. The van der Waals surface area contributed by atoms with E-state index in [4.69, 9.17) is 28.8 Å². The van der Waals surface area contributed by atoms with Gasteiger partial charge < -0.3 is 34.1 Å². The van der Waals surface area contributed by atoms with E-state index in [-0.39, 0.29) is 12.4 Å². The zero-order valence-corrected chi connectivity index (χ0v) is 25.9. The highest BCUT2D eigenvalue weighted by molar-refractivity contribution is 5.83. The molecule has 0 spiro atoms. The second kappa shape index (κ2) is 13.2. The maximum absolute atomic E-state index is 13.3. The molecule has 13 nitrogen and oxygen atoms in total. The Morgan fingerprint density at radius 1 is 1.07 bits per heavy atom. The van der Waals surface area contributed by atoms with E-state index in [1.807, 2.05) is 24.3 Å². The number of nitrogens with zero attached hydrogens (tertiary/aromatic N) is 5. The molecule has 0 aliphatic carbocycles. The van der Waals surface area contributed by atoms with Crippen LogP contribution in [0.3, 0.4) is 0 Å². The number of aryl methyl sites for hydroxylation is 1. The number of carbonyl (C=O) groups is 2. The lowest BCUT2D eigenvalue weighted by atomic mass is 9.89.